The van der Waals surface area contributed by atoms with Crippen LogP contribution in [0.2, 0.25) is 5.02 Å². The summed E-state index contributed by atoms with van der Waals surface area (Å²) in [5, 5.41) is 3.66. The molecule has 0 fully saturated rings. The predicted octanol–water partition coefficient (Wildman–Crippen LogP) is 1.93. The molecule has 17 heavy (non-hydrogen) atoms. The van der Waals surface area contributed by atoms with E-state index in [2.05, 4.69) is 10.3 Å². The van der Waals surface area contributed by atoms with Gasteiger partial charge in [0, 0.05) is 23.0 Å². The molecule has 2 N–H and O–H groups in total. The molecule has 0 aliphatic carbocycles. The number of H-pyrrole nitrogens is 1. The Hall–Kier alpha value is -1.81. The van der Waals surface area contributed by atoms with Crippen molar-refractivity contribution in [2.45, 2.75) is 6.92 Å². The number of nitrogens with one attached hydrogen (secondary N) is 2. The summed E-state index contributed by atoms with van der Waals surface area (Å²) in [7, 11) is 0. The number of hydrogen-bond acceptors (Lipinski definition) is 2. The molecular formula is C12H11ClN2O2. The number of fused-ring (bicyclic) bond motifs is 1. The van der Waals surface area contributed by atoms with E-state index in [1.807, 2.05) is 6.92 Å². The lowest BCUT2D eigenvalue weighted by Crippen LogP contribution is -2.25. The van der Waals surface area contributed by atoms with Gasteiger partial charge in [0.05, 0.1) is 5.52 Å². The molecule has 4 nitrogen and oxygen atoms in total. The van der Waals surface area contributed by atoms with Crippen LogP contribution in [0.15, 0.2) is 29.1 Å². The number of amides is 1. The van der Waals surface area contributed by atoms with Crippen LogP contribution in [0.3, 0.4) is 0 Å². The highest BCUT2D eigenvalue weighted by Gasteiger charge is 2.08. The fourth-order valence-corrected chi connectivity index (χ4v) is 1.77. The van der Waals surface area contributed by atoms with Crippen molar-refractivity contribution < 1.29 is 4.79 Å². The first kappa shape index (κ1) is 11.7. The molecule has 1 amide bonds. The molecule has 1 aromatic carbocycles. The molecule has 0 saturated heterocycles. The van der Waals surface area contributed by atoms with E-state index < -0.39 is 0 Å². The second kappa shape index (κ2) is 4.59. The Morgan fingerprint density at radius 3 is 2.88 bits per heavy atom. The topological polar surface area (TPSA) is 62.0 Å². The van der Waals surface area contributed by atoms with Gasteiger partial charge in [-0.15, -0.1) is 0 Å². The Morgan fingerprint density at radius 2 is 2.18 bits per heavy atom. The van der Waals surface area contributed by atoms with Crippen LogP contribution in [0, 0.1) is 0 Å². The van der Waals surface area contributed by atoms with E-state index in [1.54, 1.807) is 18.2 Å². The summed E-state index contributed by atoms with van der Waals surface area (Å²) in [6.45, 7) is 2.32. The van der Waals surface area contributed by atoms with Crippen molar-refractivity contribution in [3.05, 3.63) is 45.2 Å². The van der Waals surface area contributed by atoms with Crippen LogP contribution in [0.1, 0.15) is 17.4 Å². The number of carbonyl (C=O) groups is 1. The normalized spacial score (nSPS) is 10.5. The molecule has 2 aromatic rings. The number of benzene rings is 1. The van der Waals surface area contributed by atoms with Crippen LogP contribution in [0.4, 0.5) is 0 Å². The summed E-state index contributed by atoms with van der Waals surface area (Å²) < 4.78 is 0. The van der Waals surface area contributed by atoms with Crippen molar-refractivity contribution in [2.75, 3.05) is 6.54 Å². The van der Waals surface area contributed by atoms with Gasteiger partial charge in [0.1, 0.15) is 5.69 Å². The van der Waals surface area contributed by atoms with Crippen LogP contribution in [0.25, 0.3) is 10.9 Å². The minimum atomic E-state index is -0.300. The number of rotatable bonds is 2. The van der Waals surface area contributed by atoms with Crippen molar-refractivity contribution in [3.63, 3.8) is 0 Å². The van der Waals surface area contributed by atoms with Crippen molar-refractivity contribution in [2.24, 2.45) is 0 Å². The summed E-state index contributed by atoms with van der Waals surface area (Å²) in [6, 6.07) is 6.20. The molecule has 0 saturated carbocycles. The van der Waals surface area contributed by atoms with Gasteiger partial charge >= 0.3 is 0 Å². The molecule has 0 radical (unpaired) electrons. The van der Waals surface area contributed by atoms with Crippen LogP contribution in [-0.2, 0) is 0 Å². The van der Waals surface area contributed by atoms with Gasteiger partial charge in [-0.2, -0.15) is 0 Å². The zero-order chi connectivity index (χ0) is 12.4. The van der Waals surface area contributed by atoms with Gasteiger partial charge < -0.3 is 10.3 Å². The minimum Gasteiger partial charge on any atom is -0.351 e. The highest BCUT2D eigenvalue weighted by Crippen LogP contribution is 2.15. The van der Waals surface area contributed by atoms with Gasteiger partial charge in [0.2, 0.25) is 0 Å². The van der Waals surface area contributed by atoms with Crippen LogP contribution in [-0.4, -0.2) is 17.4 Å². The van der Waals surface area contributed by atoms with Crippen molar-refractivity contribution in [1.82, 2.24) is 10.3 Å². The minimum absolute atomic E-state index is 0.198. The smallest absolute Gasteiger partial charge is 0.267 e. The van der Waals surface area contributed by atoms with Gasteiger partial charge in [0.25, 0.3) is 5.91 Å². The summed E-state index contributed by atoms with van der Waals surface area (Å²) in [5.41, 5.74) is 0.606. The van der Waals surface area contributed by atoms with E-state index >= 15 is 0 Å². The first-order valence-corrected chi connectivity index (χ1v) is 5.60. The monoisotopic (exact) mass is 250 g/mol. The van der Waals surface area contributed by atoms with E-state index in [0.29, 0.717) is 22.5 Å². The van der Waals surface area contributed by atoms with Gasteiger partial charge in [-0.05, 0) is 25.1 Å². The number of halogens is 1. The van der Waals surface area contributed by atoms with Gasteiger partial charge in [-0.3, -0.25) is 9.59 Å². The number of hydrogen-bond donors (Lipinski definition) is 2. The first-order chi connectivity index (χ1) is 8.11. The molecular weight excluding hydrogens is 240 g/mol. The van der Waals surface area contributed by atoms with E-state index in [4.69, 9.17) is 11.6 Å². The van der Waals surface area contributed by atoms with Crippen molar-refractivity contribution in [3.8, 4) is 0 Å². The number of pyridine rings is 1. The molecule has 0 atom stereocenters. The predicted molar refractivity (Wildman–Crippen MR) is 67.6 cm³/mol. The summed E-state index contributed by atoms with van der Waals surface area (Å²) in [4.78, 5) is 26.3. The van der Waals surface area contributed by atoms with Gasteiger partial charge in [-0.1, -0.05) is 11.6 Å². The van der Waals surface area contributed by atoms with E-state index in [0.717, 1.165) is 0 Å². The Bertz CT molecular complexity index is 634. The Morgan fingerprint density at radius 1 is 1.41 bits per heavy atom. The van der Waals surface area contributed by atoms with Crippen LogP contribution in [0.5, 0.6) is 0 Å². The van der Waals surface area contributed by atoms with E-state index in [9.17, 15) is 9.59 Å². The molecule has 5 heteroatoms. The summed E-state index contributed by atoms with van der Waals surface area (Å²) >= 11 is 5.84. The average molecular weight is 251 g/mol. The third-order valence-corrected chi connectivity index (χ3v) is 2.61. The SMILES string of the molecule is CCNC(=O)c1cc(=O)c2ccc(Cl)cc2[nH]1. The molecule has 0 unspecified atom stereocenters. The maximum Gasteiger partial charge on any atom is 0.267 e. The summed E-state index contributed by atoms with van der Waals surface area (Å²) in [6.07, 6.45) is 0. The molecule has 0 aliphatic heterocycles. The molecule has 2 rings (SSSR count). The largest absolute Gasteiger partial charge is 0.351 e. The second-order valence-corrected chi connectivity index (χ2v) is 4.03. The van der Waals surface area contributed by atoms with E-state index in [-0.39, 0.29) is 17.0 Å². The lowest BCUT2D eigenvalue weighted by molar-refractivity contribution is 0.0951. The quantitative estimate of drug-likeness (QED) is 0.856. The molecule has 0 bridgehead atoms. The average Bonchev–Trinajstić information content (AvgIpc) is 2.28. The maximum atomic E-state index is 11.8. The number of carbonyl (C=O) groups excluding carboxylic acids is 1. The Kier molecular flexibility index (Phi) is 3.15. The first-order valence-electron chi connectivity index (χ1n) is 5.22. The Labute approximate surface area is 103 Å². The molecule has 0 aliphatic rings. The molecule has 1 heterocycles. The zero-order valence-corrected chi connectivity index (χ0v) is 9.97. The maximum absolute atomic E-state index is 11.8. The summed E-state index contributed by atoms with van der Waals surface area (Å²) in [5.74, 6) is -0.300. The Balaban J connectivity index is 2.61. The molecule has 0 spiro atoms. The lowest BCUT2D eigenvalue weighted by Gasteiger charge is -2.04. The fraction of sp³-hybridized carbons (Fsp3) is 0.167. The highest BCUT2D eigenvalue weighted by atomic mass is 35.5. The third kappa shape index (κ3) is 2.31. The highest BCUT2D eigenvalue weighted by molar-refractivity contribution is 6.31. The van der Waals surface area contributed by atoms with Crippen molar-refractivity contribution >= 4 is 28.4 Å². The zero-order valence-electron chi connectivity index (χ0n) is 9.21. The standard InChI is InChI=1S/C12H11ClN2O2/c1-2-14-12(17)10-6-11(16)8-4-3-7(13)5-9(8)15-10/h3-6H,2H2,1H3,(H,14,17)(H,15,16). The molecule has 1 aromatic heterocycles. The fourth-order valence-electron chi connectivity index (χ4n) is 1.60. The van der Waals surface area contributed by atoms with Crippen molar-refractivity contribution in [1.29, 1.82) is 0 Å². The van der Waals surface area contributed by atoms with E-state index in [1.165, 1.54) is 6.07 Å². The number of aromatic nitrogens is 1. The number of aromatic amines is 1. The lowest BCUT2D eigenvalue weighted by atomic mass is 10.2. The van der Waals surface area contributed by atoms with Crippen LogP contribution < -0.4 is 10.7 Å². The second-order valence-electron chi connectivity index (χ2n) is 3.60. The van der Waals surface area contributed by atoms with Crippen LogP contribution >= 0.6 is 11.6 Å². The van der Waals surface area contributed by atoms with Gasteiger partial charge in [0.15, 0.2) is 5.43 Å². The van der Waals surface area contributed by atoms with Gasteiger partial charge in [-0.25, -0.2) is 0 Å². The molecule has 88 valence electrons. The third-order valence-electron chi connectivity index (χ3n) is 2.37.